The quantitative estimate of drug-likeness (QED) is 0.643. The number of carbonyl (C=O) groups is 2. The van der Waals surface area contributed by atoms with Crippen molar-refractivity contribution in [1.29, 1.82) is 0 Å². The summed E-state index contributed by atoms with van der Waals surface area (Å²) >= 11 is 0. The average Bonchev–Trinajstić information content (AvgIpc) is 2.90. The lowest BCUT2D eigenvalue weighted by atomic mass is 10.1. The zero-order valence-electron chi connectivity index (χ0n) is 12.1. The number of carboxylic acid groups (broad SMARTS) is 1. The van der Waals surface area contributed by atoms with E-state index in [9.17, 15) is 9.59 Å². The Morgan fingerprint density at radius 1 is 1.41 bits per heavy atom. The predicted molar refractivity (Wildman–Crippen MR) is 78.5 cm³/mol. The number of hydrogen-bond acceptors (Lipinski definition) is 5. The molecule has 1 heterocycles. The lowest BCUT2D eigenvalue weighted by Crippen LogP contribution is -2.22. The lowest BCUT2D eigenvalue weighted by molar-refractivity contribution is -0.144. The van der Waals surface area contributed by atoms with E-state index < -0.39 is 12.1 Å². The lowest BCUT2D eigenvalue weighted by Gasteiger charge is -2.10. The van der Waals surface area contributed by atoms with Crippen LogP contribution in [0, 0.1) is 0 Å². The van der Waals surface area contributed by atoms with Crippen LogP contribution in [0.2, 0.25) is 0 Å². The minimum atomic E-state index is -1.07. The number of carboxylic acids is 1. The van der Waals surface area contributed by atoms with Gasteiger partial charge in [-0.25, -0.2) is 9.48 Å². The highest BCUT2D eigenvalue weighted by Crippen LogP contribution is 2.16. The number of aromatic nitrogens is 3. The predicted octanol–water partition coefficient (Wildman–Crippen LogP) is 1.56. The molecule has 22 heavy (non-hydrogen) atoms. The van der Waals surface area contributed by atoms with Crippen LogP contribution in [0.1, 0.15) is 23.0 Å². The van der Waals surface area contributed by atoms with Crippen molar-refractivity contribution in [2.75, 3.05) is 0 Å². The molecule has 1 atom stereocenters. The summed E-state index contributed by atoms with van der Waals surface area (Å²) in [5, 5.41) is 16.3. The molecule has 0 radical (unpaired) electrons. The minimum absolute atomic E-state index is 0.227. The molecule has 0 aliphatic heterocycles. The first-order valence-electron chi connectivity index (χ1n) is 6.54. The Labute approximate surface area is 126 Å². The molecule has 0 spiro atoms. The fourth-order valence-electron chi connectivity index (χ4n) is 1.68. The van der Waals surface area contributed by atoms with Gasteiger partial charge in [-0.3, -0.25) is 4.79 Å². The molecule has 0 saturated heterocycles. The molecule has 0 aliphatic rings. The van der Waals surface area contributed by atoms with Gasteiger partial charge in [-0.2, -0.15) is 0 Å². The number of nitrogens with zero attached hydrogens (tertiary/aromatic N) is 3. The molecule has 2 aromatic rings. The third kappa shape index (κ3) is 3.78. The molecule has 0 aliphatic carbocycles. The summed E-state index contributed by atoms with van der Waals surface area (Å²) in [6, 6.07) is 6.38. The molecule has 1 unspecified atom stereocenters. The molecule has 7 heteroatoms. The summed E-state index contributed by atoms with van der Waals surface area (Å²) in [6.45, 7) is 1.42. The van der Waals surface area contributed by atoms with E-state index in [0.29, 0.717) is 17.0 Å². The normalized spacial score (nSPS) is 12.3. The van der Waals surface area contributed by atoms with Crippen LogP contribution in [-0.4, -0.2) is 38.0 Å². The Bertz CT molecular complexity index is 721. The van der Waals surface area contributed by atoms with Crippen LogP contribution in [0.25, 0.3) is 6.08 Å². The summed E-state index contributed by atoms with van der Waals surface area (Å²) in [5.41, 5.74) is 1.10. The maximum atomic E-state index is 12.1. The van der Waals surface area contributed by atoms with Gasteiger partial charge in [0.1, 0.15) is 5.75 Å². The molecule has 1 N–H and O–H groups in total. The number of rotatable bonds is 6. The van der Waals surface area contributed by atoms with E-state index in [-0.39, 0.29) is 5.78 Å². The van der Waals surface area contributed by atoms with Gasteiger partial charge in [0.25, 0.3) is 0 Å². The summed E-state index contributed by atoms with van der Waals surface area (Å²) in [7, 11) is 1.72. The van der Waals surface area contributed by atoms with E-state index in [1.165, 1.54) is 29.9 Å². The number of aliphatic carboxylic acids is 1. The maximum Gasteiger partial charge on any atom is 0.344 e. The second-order valence-electron chi connectivity index (χ2n) is 4.61. The van der Waals surface area contributed by atoms with E-state index in [4.69, 9.17) is 9.84 Å². The summed E-state index contributed by atoms with van der Waals surface area (Å²) < 4.78 is 6.78. The van der Waals surface area contributed by atoms with E-state index >= 15 is 0 Å². The number of carbonyl (C=O) groups excluding carboxylic acids is 1. The molecule has 0 fully saturated rings. The Morgan fingerprint density at radius 2 is 2.18 bits per heavy atom. The van der Waals surface area contributed by atoms with Crippen LogP contribution < -0.4 is 4.74 Å². The molecule has 2 rings (SSSR count). The van der Waals surface area contributed by atoms with Crippen molar-refractivity contribution >= 4 is 17.8 Å². The van der Waals surface area contributed by atoms with Crippen molar-refractivity contribution in [3.05, 3.63) is 47.8 Å². The van der Waals surface area contributed by atoms with Crippen molar-refractivity contribution in [1.82, 2.24) is 15.0 Å². The van der Waals surface area contributed by atoms with Crippen molar-refractivity contribution in [2.24, 2.45) is 7.05 Å². The zero-order chi connectivity index (χ0) is 16.1. The number of ether oxygens (including phenoxy) is 1. The Hall–Kier alpha value is -2.96. The fraction of sp³-hybridized carbons (Fsp3) is 0.200. The van der Waals surface area contributed by atoms with Gasteiger partial charge in [-0.1, -0.05) is 17.3 Å². The molecule has 7 nitrogen and oxygen atoms in total. The fourth-order valence-corrected chi connectivity index (χ4v) is 1.68. The third-order valence-electron chi connectivity index (χ3n) is 2.93. The van der Waals surface area contributed by atoms with Crippen molar-refractivity contribution in [2.45, 2.75) is 13.0 Å². The molecule has 0 saturated carbocycles. The van der Waals surface area contributed by atoms with Crippen molar-refractivity contribution in [3.8, 4) is 5.75 Å². The third-order valence-corrected chi connectivity index (χ3v) is 2.93. The molecule has 0 amide bonds. The Balaban J connectivity index is 2.12. The van der Waals surface area contributed by atoms with Crippen molar-refractivity contribution in [3.63, 3.8) is 0 Å². The van der Waals surface area contributed by atoms with Crippen molar-refractivity contribution < 1.29 is 19.4 Å². The molecular weight excluding hydrogens is 286 g/mol. The summed E-state index contributed by atoms with van der Waals surface area (Å²) in [6.07, 6.45) is 3.56. The van der Waals surface area contributed by atoms with Gasteiger partial charge < -0.3 is 9.84 Å². The molecule has 1 aromatic heterocycles. The zero-order valence-corrected chi connectivity index (χ0v) is 12.1. The van der Waals surface area contributed by atoms with Gasteiger partial charge in [0.2, 0.25) is 0 Å². The SMILES string of the molecule is CC(Oc1cccc(C(=O)/C=C/c2cnnn2C)c1)C(=O)O. The van der Waals surface area contributed by atoms with Gasteiger partial charge in [0.05, 0.1) is 11.9 Å². The maximum absolute atomic E-state index is 12.1. The number of ketones is 1. The smallest absolute Gasteiger partial charge is 0.344 e. The second kappa shape index (κ2) is 6.66. The molecule has 0 bridgehead atoms. The highest BCUT2D eigenvalue weighted by Gasteiger charge is 2.13. The largest absolute Gasteiger partial charge is 0.479 e. The first-order chi connectivity index (χ1) is 10.5. The number of allylic oxidation sites excluding steroid dienone is 1. The molecule has 114 valence electrons. The van der Waals surface area contributed by atoms with Crippen LogP contribution in [0.3, 0.4) is 0 Å². The molecular formula is C15H15N3O4. The second-order valence-corrected chi connectivity index (χ2v) is 4.61. The van der Waals surface area contributed by atoms with Gasteiger partial charge in [-0.05, 0) is 31.2 Å². The average molecular weight is 301 g/mol. The van der Waals surface area contributed by atoms with Crippen LogP contribution in [0.5, 0.6) is 5.75 Å². The van der Waals surface area contributed by atoms with E-state index in [0.717, 1.165) is 0 Å². The monoisotopic (exact) mass is 301 g/mol. The van der Waals surface area contributed by atoms with E-state index in [2.05, 4.69) is 10.3 Å². The Morgan fingerprint density at radius 3 is 2.82 bits per heavy atom. The van der Waals surface area contributed by atoms with E-state index in [1.54, 1.807) is 31.3 Å². The van der Waals surface area contributed by atoms with Gasteiger partial charge in [0.15, 0.2) is 11.9 Å². The first-order valence-corrected chi connectivity index (χ1v) is 6.54. The summed E-state index contributed by atoms with van der Waals surface area (Å²) in [4.78, 5) is 22.9. The number of hydrogen-bond donors (Lipinski definition) is 1. The number of aryl methyl sites for hydroxylation is 1. The van der Waals surface area contributed by atoms with Gasteiger partial charge >= 0.3 is 5.97 Å². The van der Waals surface area contributed by atoms with Crippen LogP contribution >= 0.6 is 0 Å². The van der Waals surface area contributed by atoms with E-state index in [1.807, 2.05) is 0 Å². The van der Waals surface area contributed by atoms with Crippen LogP contribution in [0.4, 0.5) is 0 Å². The Kier molecular flexibility index (Phi) is 4.67. The van der Waals surface area contributed by atoms with Gasteiger partial charge in [0, 0.05) is 12.6 Å². The topological polar surface area (TPSA) is 94.3 Å². The van der Waals surface area contributed by atoms with Gasteiger partial charge in [-0.15, -0.1) is 5.10 Å². The van der Waals surface area contributed by atoms with Crippen LogP contribution in [-0.2, 0) is 11.8 Å². The highest BCUT2D eigenvalue weighted by atomic mass is 16.5. The molecule has 1 aromatic carbocycles. The minimum Gasteiger partial charge on any atom is -0.479 e. The highest BCUT2D eigenvalue weighted by molar-refractivity contribution is 6.06. The number of benzene rings is 1. The summed E-state index contributed by atoms with van der Waals surface area (Å²) in [5.74, 6) is -0.966. The first kappa shape index (κ1) is 15.4. The standard InChI is InChI=1S/C15H15N3O4/c1-10(15(20)21)22-13-5-3-4-11(8-13)14(19)7-6-12-9-16-17-18(12)2/h3-10H,1-2H3,(H,20,21)/b7-6+. The van der Waals surface area contributed by atoms with Crippen LogP contribution in [0.15, 0.2) is 36.5 Å².